The van der Waals surface area contributed by atoms with Crippen molar-refractivity contribution in [1.82, 2.24) is 5.32 Å². The summed E-state index contributed by atoms with van der Waals surface area (Å²) in [4.78, 5) is 25.1. The fraction of sp³-hybridized carbons (Fsp3) is 0.417. The molecule has 4 nitrogen and oxygen atoms in total. The Kier molecular flexibility index (Phi) is 6.85. The zero-order chi connectivity index (χ0) is 19.9. The highest BCUT2D eigenvalue weighted by Gasteiger charge is 2.30. The highest BCUT2D eigenvalue weighted by atomic mass is 16.2. The van der Waals surface area contributed by atoms with E-state index in [9.17, 15) is 9.59 Å². The van der Waals surface area contributed by atoms with Crippen LogP contribution in [-0.2, 0) is 22.6 Å². The first-order valence-electron chi connectivity index (χ1n) is 10.3. The van der Waals surface area contributed by atoms with Gasteiger partial charge >= 0.3 is 0 Å². The molecule has 2 aromatic rings. The van der Waals surface area contributed by atoms with Crippen LogP contribution < -0.4 is 10.6 Å². The Labute approximate surface area is 167 Å². The zero-order valence-corrected chi connectivity index (χ0v) is 16.8. The summed E-state index contributed by atoms with van der Waals surface area (Å²) in [6.07, 6.45) is 3.97. The minimum atomic E-state index is -0.00828. The van der Waals surface area contributed by atoms with Gasteiger partial charge in [0, 0.05) is 24.1 Å². The van der Waals surface area contributed by atoms with Crippen LogP contribution in [0.4, 0.5) is 5.69 Å². The average Bonchev–Trinajstić information content (AvgIpc) is 2.73. The van der Waals surface area contributed by atoms with Gasteiger partial charge in [-0.15, -0.1) is 0 Å². The Bertz CT molecular complexity index is 806. The lowest BCUT2D eigenvalue weighted by Gasteiger charge is -2.27. The van der Waals surface area contributed by atoms with Crippen molar-refractivity contribution in [2.45, 2.75) is 52.5 Å². The van der Waals surface area contributed by atoms with Crippen molar-refractivity contribution < 1.29 is 9.59 Å². The molecule has 0 unspecified atom stereocenters. The third kappa shape index (κ3) is 5.22. The number of carbonyl (C=O) groups excluding carboxylic acids is 2. The summed E-state index contributed by atoms with van der Waals surface area (Å²) in [6, 6.07) is 16.2. The normalized spacial score (nSPS) is 19.1. The van der Waals surface area contributed by atoms with Gasteiger partial charge in [-0.2, -0.15) is 0 Å². The molecule has 2 aromatic carbocycles. The molecule has 0 spiro atoms. The lowest BCUT2D eigenvalue weighted by molar-refractivity contribution is -0.128. The van der Waals surface area contributed by atoms with Gasteiger partial charge in [0.05, 0.1) is 0 Å². The second-order valence-corrected chi connectivity index (χ2v) is 7.75. The number of hydrogen-bond donors (Lipinski definition) is 2. The van der Waals surface area contributed by atoms with Crippen LogP contribution >= 0.6 is 0 Å². The zero-order valence-electron chi connectivity index (χ0n) is 16.8. The fourth-order valence-electron chi connectivity index (χ4n) is 3.84. The summed E-state index contributed by atoms with van der Waals surface area (Å²) in [7, 11) is 0. The predicted molar refractivity (Wildman–Crippen MR) is 113 cm³/mol. The molecule has 0 aliphatic heterocycles. The molecule has 0 saturated heterocycles. The Balaban J connectivity index is 1.46. The second-order valence-electron chi connectivity index (χ2n) is 7.75. The molecule has 1 aliphatic carbocycles. The van der Waals surface area contributed by atoms with Crippen molar-refractivity contribution in [3.63, 3.8) is 0 Å². The first-order valence-corrected chi connectivity index (χ1v) is 10.3. The summed E-state index contributed by atoms with van der Waals surface area (Å²) in [6.45, 7) is 4.70. The number of rotatable bonds is 6. The second kappa shape index (κ2) is 9.54. The molecule has 0 aromatic heterocycles. The lowest BCUT2D eigenvalue weighted by Crippen LogP contribution is -2.35. The highest BCUT2D eigenvalue weighted by Crippen LogP contribution is 2.30. The van der Waals surface area contributed by atoms with E-state index in [0.29, 0.717) is 6.54 Å². The van der Waals surface area contributed by atoms with Crippen LogP contribution in [0, 0.1) is 18.8 Å². The average molecular weight is 379 g/mol. The minimum Gasteiger partial charge on any atom is -0.352 e. The molecule has 3 rings (SSSR count). The van der Waals surface area contributed by atoms with Crippen LogP contribution in [0.1, 0.15) is 49.3 Å². The standard InChI is InChI=1S/C24H30N2O2/c1-3-19-6-4-5-7-22(19)26-24(28)21-14-12-20(13-15-21)23(27)25-16-18-10-8-17(2)9-11-18/h4-11,20-21H,3,12-16H2,1-2H3,(H,25,27)(H,26,28). The van der Waals surface area contributed by atoms with Crippen LogP contribution in [0.5, 0.6) is 0 Å². The van der Waals surface area contributed by atoms with Crippen molar-refractivity contribution in [2.24, 2.45) is 11.8 Å². The van der Waals surface area contributed by atoms with Crippen molar-refractivity contribution in [3.05, 3.63) is 65.2 Å². The number of hydrogen-bond acceptors (Lipinski definition) is 2. The first kappa shape index (κ1) is 20.1. The monoisotopic (exact) mass is 378 g/mol. The molecule has 148 valence electrons. The number of amides is 2. The smallest absolute Gasteiger partial charge is 0.227 e. The van der Waals surface area contributed by atoms with Crippen molar-refractivity contribution in [3.8, 4) is 0 Å². The molecule has 2 N–H and O–H groups in total. The summed E-state index contributed by atoms with van der Waals surface area (Å²) in [5.74, 6) is 0.193. The van der Waals surface area contributed by atoms with Gasteiger partial charge in [0.2, 0.25) is 11.8 Å². The SMILES string of the molecule is CCc1ccccc1NC(=O)C1CCC(C(=O)NCc2ccc(C)cc2)CC1. The van der Waals surface area contributed by atoms with Crippen molar-refractivity contribution >= 4 is 17.5 Å². The van der Waals surface area contributed by atoms with E-state index in [1.807, 2.05) is 36.4 Å². The molecule has 1 aliphatic rings. The molecule has 2 amide bonds. The Morgan fingerprint density at radius 2 is 1.50 bits per heavy atom. The third-order valence-corrected chi connectivity index (χ3v) is 5.71. The Morgan fingerprint density at radius 3 is 2.14 bits per heavy atom. The number of aryl methyl sites for hydroxylation is 2. The highest BCUT2D eigenvalue weighted by molar-refractivity contribution is 5.93. The van der Waals surface area contributed by atoms with E-state index in [-0.39, 0.29) is 23.7 Å². The van der Waals surface area contributed by atoms with Crippen LogP contribution in [-0.4, -0.2) is 11.8 Å². The van der Waals surface area contributed by atoms with Gasteiger partial charge in [-0.25, -0.2) is 0 Å². The lowest BCUT2D eigenvalue weighted by atomic mass is 9.81. The molecule has 1 saturated carbocycles. The summed E-state index contributed by atoms with van der Waals surface area (Å²) >= 11 is 0. The largest absolute Gasteiger partial charge is 0.352 e. The minimum absolute atomic E-state index is 0.00828. The molecule has 0 atom stereocenters. The van der Waals surface area contributed by atoms with Crippen LogP contribution in [0.15, 0.2) is 48.5 Å². The molecule has 0 bridgehead atoms. The Morgan fingerprint density at radius 1 is 0.893 bits per heavy atom. The van der Waals surface area contributed by atoms with Crippen LogP contribution in [0.3, 0.4) is 0 Å². The van der Waals surface area contributed by atoms with Crippen LogP contribution in [0.2, 0.25) is 0 Å². The fourth-order valence-corrected chi connectivity index (χ4v) is 3.84. The molecular formula is C24H30N2O2. The van der Waals surface area contributed by atoms with E-state index in [0.717, 1.165) is 48.9 Å². The van der Waals surface area contributed by atoms with E-state index in [4.69, 9.17) is 0 Å². The number of nitrogens with one attached hydrogen (secondary N) is 2. The maximum atomic E-state index is 12.6. The molecule has 4 heteroatoms. The molecule has 28 heavy (non-hydrogen) atoms. The maximum absolute atomic E-state index is 12.6. The quantitative estimate of drug-likeness (QED) is 0.771. The Hall–Kier alpha value is -2.62. The first-order chi connectivity index (χ1) is 13.6. The third-order valence-electron chi connectivity index (χ3n) is 5.71. The van der Waals surface area contributed by atoms with Crippen LogP contribution in [0.25, 0.3) is 0 Å². The molecule has 0 heterocycles. The van der Waals surface area contributed by atoms with Gasteiger partial charge in [-0.05, 0) is 56.2 Å². The van der Waals surface area contributed by atoms with Gasteiger partial charge in [-0.1, -0.05) is 55.0 Å². The summed E-state index contributed by atoms with van der Waals surface area (Å²) in [5.41, 5.74) is 4.39. The topological polar surface area (TPSA) is 58.2 Å². The number of benzene rings is 2. The van der Waals surface area contributed by atoms with Gasteiger partial charge in [0.15, 0.2) is 0 Å². The van der Waals surface area contributed by atoms with Crippen molar-refractivity contribution in [2.75, 3.05) is 5.32 Å². The van der Waals surface area contributed by atoms with Gasteiger partial charge < -0.3 is 10.6 Å². The summed E-state index contributed by atoms with van der Waals surface area (Å²) in [5, 5.41) is 6.13. The van der Waals surface area contributed by atoms with E-state index in [1.54, 1.807) is 0 Å². The van der Waals surface area contributed by atoms with Gasteiger partial charge in [0.1, 0.15) is 0 Å². The number of carbonyl (C=O) groups is 2. The molecule has 0 radical (unpaired) electrons. The molecular weight excluding hydrogens is 348 g/mol. The van der Waals surface area contributed by atoms with E-state index < -0.39 is 0 Å². The predicted octanol–water partition coefficient (Wildman–Crippen LogP) is 4.62. The van der Waals surface area contributed by atoms with Gasteiger partial charge in [0.25, 0.3) is 0 Å². The number of anilines is 1. The van der Waals surface area contributed by atoms with E-state index in [1.165, 1.54) is 5.56 Å². The summed E-state index contributed by atoms with van der Waals surface area (Å²) < 4.78 is 0. The number of para-hydroxylation sites is 1. The van der Waals surface area contributed by atoms with Crippen molar-refractivity contribution in [1.29, 1.82) is 0 Å². The van der Waals surface area contributed by atoms with Gasteiger partial charge in [-0.3, -0.25) is 9.59 Å². The molecule has 1 fully saturated rings. The van der Waals surface area contributed by atoms with E-state index in [2.05, 4.69) is 36.6 Å². The van der Waals surface area contributed by atoms with E-state index >= 15 is 0 Å². The maximum Gasteiger partial charge on any atom is 0.227 e.